The van der Waals surface area contributed by atoms with Crippen LogP contribution in [0.4, 0.5) is 5.82 Å². The monoisotopic (exact) mass is 395 g/mol. The second-order valence-corrected chi connectivity index (χ2v) is 5.69. The van der Waals surface area contributed by atoms with Crippen molar-refractivity contribution in [1.29, 1.82) is 0 Å². The Bertz CT molecular complexity index is 640. The third-order valence-corrected chi connectivity index (χ3v) is 4.02. The van der Waals surface area contributed by atoms with Crippen molar-refractivity contribution in [3.63, 3.8) is 0 Å². The smallest absolute Gasteiger partial charge is 0.238 e. The Morgan fingerprint density at radius 3 is 2.55 bits per heavy atom. The van der Waals surface area contributed by atoms with Gasteiger partial charge in [-0.3, -0.25) is 0 Å². The van der Waals surface area contributed by atoms with E-state index >= 15 is 0 Å². The van der Waals surface area contributed by atoms with Gasteiger partial charge in [-0.05, 0) is 28.9 Å². The molecule has 2 rings (SSSR count). The zero-order valence-corrected chi connectivity index (χ0v) is 14.1. The van der Waals surface area contributed by atoms with Gasteiger partial charge in [0, 0.05) is 12.6 Å². The Hall–Kier alpha value is -0.750. The molecule has 1 aromatic carbocycles. The van der Waals surface area contributed by atoms with Crippen LogP contribution >= 0.6 is 50.7 Å². The van der Waals surface area contributed by atoms with Gasteiger partial charge in [-0.2, -0.15) is 0 Å². The highest BCUT2D eigenvalue weighted by Crippen LogP contribution is 2.38. The van der Waals surface area contributed by atoms with E-state index in [1.165, 1.54) is 18.5 Å². The number of aromatic nitrogens is 2. The minimum atomic E-state index is 0.330. The van der Waals surface area contributed by atoms with Crippen molar-refractivity contribution in [2.24, 2.45) is 0 Å². The summed E-state index contributed by atoms with van der Waals surface area (Å²) in [5.41, 5.74) is 0. The third-order valence-electron chi connectivity index (χ3n) is 2.28. The number of anilines is 1. The minimum Gasteiger partial charge on any atom is -0.436 e. The first-order chi connectivity index (χ1) is 9.52. The number of nitrogens with one attached hydrogen (secondary N) is 1. The zero-order chi connectivity index (χ0) is 14.7. The van der Waals surface area contributed by atoms with E-state index in [-0.39, 0.29) is 0 Å². The summed E-state index contributed by atoms with van der Waals surface area (Å²) in [7, 11) is 0. The van der Waals surface area contributed by atoms with Crippen LogP contribution in [-0.2, 0) is 0 Å². The summed E-state index contributed by atoms with van der Waals surface area (Å²) >= 11 is 21.3. The van der Waals surface area contributed by atoms with Crippen molar-refractivity contribution in [3.05, 3.63) is 38.0 Å². The van der Waals surface area contributed by atoms with Crippen molar-refractivity contribution < 1.29 is 4.74 Å². The normalized spacial score (nSPS) is 10.4. The summed E-state index contributed by atoms with van der Waals surface area (Å²) in [5.74, 6) is 1.33. The molecule has 0 spiro atoms. The van der Waals surface area contributed by atoms with Crippen molar-refractivity contribution in [2.75, 3.05) is 11.9 Å². The lowest BCUT2D eigenvalue weighted by molar-refractivity contribution is 0.459. The third kappa shape index (κ3) is 3.47. The molecule has 106 valence electrons. The van der Waals surface area contributed by atoms with Gasteiger partial charge in [-0.15, -0.1) is 0 Å². The van der Waals surface area contributed by atoms with E-state index in [1.807, 2.05) is 6.92 Å². The van der Waals surface area contributed by atoms with Gasteiger partial charge < -0.3 is 10.1 Å². The van der Waals surface area contributed by atoms with Gasteiger partial charge >= 0.3 is 0 Å². The minimum absolute atomic E-state index is 0.330. The average molecular weight is 397 g/mol. The molecular weight excluding hydrogens is 388 g/mol. The molecule has 0 radical (unpaired) electrons. The van der Waals surface area contributed by atoms with E-state index < -0.39 is 0 Å². The Labute approximate surface area is 139 Å². The molecule has 0 bridgehead atoms. The van der Waals surface area contributed by atoms with Crippen molar-refractivity contribution in [1.82, 2.24) is 9.97 Å². The lowest BCUT2D eigenvalue weighted by atomic mass is 10.3. The van der Waals surface area contributed by atoms with Crippen LogP contribution in [0.15, 0.2) is 22.9 Å². The first kappa shape index (κ1) is 15.6. The van der Waals surface area contributed by atoms with Gasteiger partial charge in [-0.1, -0.05) is 34.8 Å². The lowest BCUT2D eigenvalue weighted by Gasteiger charge is -2.11. The first-order valence-electron chi connectivity index (χ1n) is 5.59. The molecule has 0 saturated carbocycles. The molecule has 8 heteroatoms. The van der Waals surface area contributed by atoms with Crippen molar-refractivity contribution in [2.45, 2.75) is 6.92 Å². The van der Waals surface area contributed by atoms with Crippen LogP contribution in [0.3, 0.4) is 0 Å². The highest BCUT2D eigenvalue weighted by Gasteiger charge is 2.13. The Balaban J connectivity index is 2.35. The van der Waals surface area contributed by atoms with Crippen molar-refractivity contribution >= 4 is 56.6 Å². The van der Waals surface area contributed by atoms with Gasteiger partial charge in [0.1, 0.15) is 22.4 Å². The highest BCUT2D eigenvalue weighted by molar-refractivity contribution is 9.10. The van der Waals surface area contributed by atoms with Crippen molar-refractivity contribution in [3.8, 4) is 11.6 Å². The fourth-order valence-corrected chi connectivity index (χ4v) is 2.40. The first-order valence-corrected chi connectivity index (χ1v) is 7.52. The topological polar surface area (TPSA) is 47.0 Å². The quantitative estimate of drug-likeness (QED) is 0.700. The SMILES string of the molecule is CCNc1ncnc(Oc2cc(Cl)c(Cl)cc2Cl)c1Br. The maximum absolute atomic E-state index is 6.06. The molecule has 0 aliphatic carbocycles. The molecule has 0 atom stereocenters. The average Bonchev–Trinajstić information content (AvgIpc) is 2.40. The molecule has 0 saturated heterocycles. The molecule has 0 fully saturated rings. The molecular formula is C12H9BrCl3N3O. The predicted molar refractivity (Wildman–Crippen MR) is 85.4 cm³/mol. The van der Waals surface area contributed by atoms with E-state index in [9.17, 15) is 0 Å². The molecule has 0 aliphatic rings. The second-order valence-electron chi connectivity index (χ2n) is 3.67. The number of rotatable bonds is 4. The number of halogens is 4. The number of hydrogen-bond acceptors (Lipinski definition) is 4. The Morgan fingerprint density at radius 2 is 1.85 bits per heavy atom. The van der Waals surface area contributed by atoms with Crippen LogP contribution in [-0.4, -0.2) is 16.5 Å². The van der Waals surface area contributed by atoms with Crippen LogP contribution in [0.2, 0.25) is 15.1 Å². The van der Waals surface area contributed by atoms with E-state index in [1.54, 1.807) is 0 Å². The number of nitrogens with zero attached hydrogens (tertiary/aromatic N) is 2. The van der Waals surface area contributed by atoms with E-state index in [0.29, 0.717) is 37.0 Å². The number of ether oxygens (including phenoxy) is 1. The van der Waals surface area contributed by atoms with Gasteiger partial charge in [0.15, 0.2) is 0 Å². The fourth-order valence-electron chi connectivity index (χ4n) is 1.40. The lowest BCUT2D eigenvalue weighted by Crippen LogP contribution is -2.02. The molecule has 4 nitrogen and oxygen atoms in total. The maximum atomic E-state index is 6.06. The summed E-state index contributed by atoms with van der Waals surface area (Å²) in [6, 6.07) is 3.05. The van der Waals surface area contributed by atoms with Gasteiger partial charge in [0.05, 0.1) is 15.1 Å². The van der Waals surface area contributed by atoms with Gasteiger partial charge in [0.2, 0.25) is 5.88 Å². The van der Waals surface area contributed by atoms with Crippen LogP contribution in [0.1, 0.15) is 6.92 Å². The van der Waals surface area contributed by atoms with Crippen LogP contribution in [0, 0.1) is 0 Å². The van der Waals surface area contributed by atoms with E-state index in [4.69, 9.17) is 39.5 Å². The highest BCUT2D eigenvalue weighted by atomic mass is 79.9. The van der Waals surface area contributed by atoms with Crippen LogP contribution in [0.25, 0.3) is 0 Å². The summed E-state index contributed by atoms with van der Waals surface area (Å²) in [5, 5.41) is 4.13. The van der Waals surface area contributed by atoms with E-state index in [2.05, 4.69) is 31.2 Å². The Morgan fingerprint density at radius 1 is 1.15 bits per heavy atom. The second kappa shape index (κ2) is 6.80. The van der Waals surface area contributed by atoms with Gasteiger partial charge in [-0.25, -0.2) is 9.97 Å². The largest absolute Gasteiger partial charge is 0.436 e. The molecule has 2 aromatic rings. The Kier molecular flexibility index (Phi) is 5.32. The molecule has 0 amide bonds. The zero-order valence-electron chi connectivity index (χ0n) is 10.3. The van der Waals surface area contributed by atoms with Gasteiger partial charge in [0.25, 0.3) is 0 Å². The predicted octanol–water partition coefficient (Wildman–Crippen LogP) is 5.42. The van der Waals surface area contributed by atoms with E-state index in [0.717, 1.165) is 6.54 Å². The summed E-state index contributed by atoms with van der Waals surface area (Å²) in [4.78, 5) is 8.15. The molecule has 0 aliphatic heterocycles. The number of benzene rings is 1. The molecule has 0 unspecified atom stereocenters. The molecule has 20 heavy (non-hydrogen) atoms. The maximum Gasteiger partial charge on any atom is 0.238 e. The van der Waals surface area contributed by atoms with Crippen LogP contribution in [0.5, 0.6) is 11.6 Å². The molecule has 1 heterocycles. The summed E-state index contributed by atoms with van der Waals surface area (Å²) < 4.78 is 6.25. The van der Waals surface area contributed by atoms with Crippen LogP contribution < -0.4 is 10.1 Å². The summed E-state index contributed by atoms with van der Waals surface area (Å²) in [6.45, 7) is 2.69. The molecule has 1 N–H and O–H groups in total. The standard InChI is InChI=1S/C12H9BrCl3N3O/c1-2-17-11-10(13)12(19-5-18-11)20-9-4-7(15)6(14)3-8(9)16/h3-5H,2H2,1H3,(H,17,18,19). The summed E-state index contributed by atoms with van der Waals surface area (Å²) in [6.07, 6.45) is 1.39. The fraction of sp³-hybridized carbons (Fsp3) is 0.167. The number of hydrogen-bond donors (Lipinski definition) is 1. The molecule has 1 aromatic heterocycles.